The van der Waals surface area contributed by atoms with Crippen molar-refractivity contribution in [3.8, 4) is 33.8 Å². The van der Waals surface area contributed by atoms with E-state index in [-0.39, 0.29) is 23.0 Å². The number of benzene rings is 4. The number of halogens is 4. The number of alkyl halides is 4. The Kier molecular flexibility index (Phi) is 14.1. The maximum absolute atomic E-state index is 12.2. The van der Waals surface area contributed by atoms with Crippen molar-refractivity contribution in [3.05, 3.63) is 143 Å². The lowest BCUT2D eigenvalue weighted by atomic mass is 10.1. The Morgan fingerprint density at radius 2 is 0.945 bits per heavy atom. The molecule has 0 unspecified atom stereocenters. The Hall–Kier alpha value is -5.60. The molecule has 0 atom stereocenters. The predicted octanol–water partition coefficient (Wildman–Crippen LogP) is 11.8. The zero-order chi connectivity index (χ0) is 39.5. The summed E-state index contributed by atoms with van der Waals surface area (Å²) in [5.74, 6) is 1.37. The van der Waals surface area contributed by atoms with Gasteiger partial charge in [-0.1, -0.05) is 48.5 Å². The fourth-order valence-corrected chi connectivity index (χ4v) is 6.97. The van der Waals surface area contributed by atoms with Crippen LogP contribution in [-0.4, -0.2) is 37.4 Å². The minimum atomic E-state index is -2.84. The van der Waals surface area contributed by atoms with Crippen molar-refractivity contribution in [1.29, 1.82) is 0 Å². The van der Waals surface area contributed by atoms with Crippen LogP contribution in [0.15, 0.2) is 128 Å². The second kappa shape index (κ2) is 19.1. The lowest BCUT2D eigenvalue weighted by Crippen LogP contribution is -2.01. The van der Waals surface area contributed by atoms with Gasteiger partial charge in [0.2, 0.25) is 11.5 Å². The third-order valence-corrected chi connectivity index (χ3v) is 10.1. The molecule has 14 heteroatoms. The number of ether oxygens (including phenoxy) is 3. The SMILES string of the molecule is COC(=O)c1cc(CSc2ccc(-c3ccc(OC(F)F)cc3)cc2)c(C)o1.Cc1oc(C(=O)O)cc1CSc1ccc(-c2ccc(OC(F)F)cc2)cc1. The van der Waals surface area contributed by atoms with Gasteiger partial charge in [-0.3, -0.25) is 0 Å². The van der Waals surface area contributed by atoms with Gasteiger partial charge in [0.05, 0.1) is 7.11 Å². The summed E-state index contributed by atoms with van der Waals surface area (Å²) in [6.45, 7) is -2.11. The minimum absolute atomic E-state index is 0.0577. The molecule has 2 heterocycles. The van der Waals surface area contributed by atoms with Crippen LogP contribution in [0.4, 0.5) is 17.6 Å². The summed E-state index contributed by atoms with van der Waals surface area (Å²) >= 11 is 3.19. The highest BCUT2D eigenvalue weighted by molar-refractivity contribution is 7.98. The smallest absolute Gasteiger partial charge is 0.387 e. The van der Waals surface area contributed by atoms with Gasteiger partial charge in [-0.2, -0.15) is 17.6 Å². The lowest BCUT2D eigenvalue weighted by molar-refractivity contribution is -0.0505. The van der Waals surface area contributed by atoms with Gasteiger partial charge in [-0.25, -0.2) is 9.59 Å². The van der Waals surface area contributed by atoms with Gasteiger partial charge in [0.25, 0.3) is 0 Å². The van der Waals surface area contributed by atoms with E-state index in [4.69, 9.17) is 13.9 Å². The molecule has 55 heavy (non-hydrogen) atoms. The van der Waals surface area contributed by atoms with Crippen LogP contribution >= 0.6 is 23.5 Å². The number of esters is 1. The van der Waals surface area contributed by atoms with Crippen LogP contribution < -0.4 is 9.47 Å². The second-order valence-corrected chi connectivity index (χ2v) is 13.7. The molecule has 0 bridgehead atoms. The number of hydrogen-bond donors (Lipinski definition) is 1. The maximum Gasteiger partial charge on any atom is 0.387 e. The van der Waals surface area contributed by atoms with Gasteiger partial charge in [0, 0.05) is 32.4 Å². The first kappa shape index (κ1) is 40.6. The number of carbonyl (C=O) groups excluding carboxylic acids is 1. The van der Waals surface area contributed by atoms with Gasteiger partial charge in [0.1, 0.15) is 23.0 Å². The molecule has 6 rings (SSSR count). The standard InChI is InChI=1S/C21H18F2O4S.C20H16F2O4S/c1-13-16(11-19(26-13)20(24)25-2)12-28-18-9-5-15(6-10-18)14-3-7-17(8-4-14)27-21(22)23;1-12-15(10-18(25-12)19(23)24)11-27-17-8-4-14(5-9-17)13-2-6-16(7-3-13)26-20(21)22/h3-11,21H,12H2,1-2H3;2-10,20H,11H2,1H3,(H,23,24). The molecule has 0 aliphatic carbocycles. The van der Waals surface area contributed by atoms with Crippen molar-refractivity contribution in [2.75, 3.05) is 7.11 Å². The first-order chi connectivity index (χ1) is 26.4. The molecule has 286 valence electrons. The highest BCUT2D eigenvalue weighted by atomic mass is 32.2. The van der Waals surface area contributed by atoms with E-state index in [1.165, 1.54) is 31.4 Å². The topological polar surface area (TPSA) is 108 Å². The summed E-state index contributed by atoms with van der Waals surface area (Å²) < 4.78 is 72.8. The Bertz CT molecular complexity index is 2160. The molecule has 1 N–H and O–H groups in total. The highest BCUT2D eigenvalue weighted by Gasteiger charge is 2.16. The normalized spacial score (nSPS) is 10.9. The van der Waals surface area contributed by atoms with Gasteiger partial charge >= 0.3 is 25.2 Å². The van der Waals surface area contributed by atoms with Gasteiger partial charge in [-0.15, -0.1) is 23.5 Å². The zero-order valence-corrected chi connectivity index (χ0v) is 31.2. The fraction of sp³-hybridized carbons (Fsp3) is 0.171. The highest BCUT2D eigenvalue weighted by Crippen LogP contribution is 2.31. The molecular formula is C41H34F4O8S2. The quantitative estimate of drug-likeness (QED) is 0.0650. The molecular weight excluding hydrogens is 761 g/mol. The van der Waals surface area contributed by atoms with E-state index in [1.54, 1.807) is 66.8 Å². The van der Waals surface area contributed by atoms with E-state index in [0.29, 0.717) is 23.0 Å². The molecule has 0 saturated heterocycles. The molecule has 8 nitrogen and oxygen atoms in total. The molecule has 0 aliphatic heterocycles. The van der Waals surface area contributed by atoms with E-state index in [1.807, 2.05) is 55.5 Å². The van der Waals surface area contributed by atoms with Crippen LogP contribution in [-0.2, 0) is 16.2 Å². The number of aromatic carboxylic acids is 1. The van der Waals surface area contributed by atoms with Crippen molar-refractivity contribution in [3.63, 3.8) is 0 Å². The number of carbonyl (C=O) groups is 2. The van der Waals surface area contributed by atoms with Crippen molar-refractivity contribution < 1.29 is 55.3 Å². The number of methoxy groups -OCH3 is 1. The second-order valence-electron chi connectivity index (χ2n) is 11.6. The van der Waals surface area contributed by atoms with Crippen LogP contribution in [0.2, 0.25) is 0 Å². The Morgan fingerprint density at radius 1 is 0.600 bits per heavy atom. The monoisotopic (exact) mass is 794 g/mol. The number of rotatable bonds is 14. The number of carboxylic acid groups (broad SMARTS) is 1. The first-order valence-corrected chi connectivity index (χ1v) is 18.4. The average Bonchev–Trinajstić information content (AvgIpc) is 3.75. The van der Waals surface area contributed by atoms with Crippen molar-refractivity contribution in [1.82, 2.24) is 0 Å². The van der Waals surface area contributed by atoms with E-state index in [9.17, 15) is 27.2 Å². The summed E-state index contributed by atoms with van der Waals surface area (Å²) in [4.78, 5) is 24.6. The maximum atomic E-state index is 12.2. The first-order valence-electron chi connectivity index (χ1n) is 16.4. The molecule has 6 aromatic rings. The Labute approximate surface area is 322 Å². The van der Waals surface area contributed by atoms with Crippen molar-refractivity contribution in [2.24, 2.45) is 0 Å². The third kappa shape index (κ3) is 11.7. The molecule has 0 aliphatic rings. The van der Waals surface area contributed by atoms with E-state index < -0.39 is 25.2 Å². The van der Waals surface area contributed by atoms with Crippen LogP contribution in [0.3, 0.4) is 0 Å². The summed E-state index contributed by atoms with van der Waals surface area (Å²) in [6, 6.07) is 31.9. The summed E-state index contributed by atoms with van der Waals surface area (Å²) in [5.41, 5.74) is 5.51. The Morgan fingerprint density at radius 3 is 1.27 bits per heavy atom. The predicted molar refractivity (Wildman–Crippen MR) is 201 cm³/mol. The van der Waals surface area contributed by atoms with E-state index in [0.717, 1.165) is 43.2 Å². The Balaban J connectivity index is 0.000000211. The van der Waals surface area contributed by atoms with E-state index in [2.05, 4.69) is 14.2 Å². The van der Waals surface area contributed by atoms with E-state index >= 15 is 0 Å². The molecule has 0 radical (unpaired) electrons. The summed E-state index contributed by atoms with van der Waals surface area (Å²) in [7, 11) is 1.32. The molecule has 0 saturated carbocycles. The number of aryl methyl sites for hydroxylation is 2. The molecule has 4 aromatic carbocycles. The van der Waals surface area contributed by atoms with Gasteiger partial charge < -0.3 is 28.2 Å². The van der Waals surface area contributed by atoms with Crippen LogP contribution in [0, 0.1) is 13.8 Å². The van der Waals surface area contributed by atoms with Gasteiger partial charge in [0.15, 0.2) is 0 Å². The number of hydrogen-bond acceptors (Lipinski definition) is 9. The zero-order valence-electron chi connectivity index (χ0n) is 29.6. The number of furan rings is 2. The van der Waals surface area contributed by atoms with Crippen LogP contribution in [0.25, 0.3) is 22.3 Å². The molecule has 0 amide bonds. The van der Waals surface area contributed by atoms with Gasteiger partial charge in [-0.05, 0) is 96.8 Å². The van der Waals surface area contributed by atoms with Crippen molar-refractivity contribution >= 4 is 35.5 Å². The molecule has 0 spiro atoms. The largest absolute Gasteiger partial charge is 0.475 e. The lowest BCUT2D eigenvalue weighted by Gasteiger charge is -2.07. The summed E-state index contributed by atoms with van der Waals surface area (Å²) in [5, 5.41) is 8.96. The minimum Gasteiger partial charge on any atom is -0.475 e. The average molecular weight is 795 g/mol. The molecule has 2 aromatic heterocycles. The molecule has 0 fully saturated rings. The number of thioether (sulfide) groups is 2. The third-order valence-electron chi connectivity index (χ3n) is 7.96. The number of carboxylic acids is 1. The van der Waals surface area contributed by atoms with Crippen LogP contribution in [0.1, 0.15) is 43.8 Å². The van der Waals surface area contributed by atoms with Crippen LogP contribution in [0.5, 0.6) is 11.5 Å². The fourth-order valence-electron chi connectivity index (χ4n) is 5.10. The summed E-state index contributed by atoms with van der Waals surface area (Å²) in [6.07, 6.45) is 0. The van der Waals surface area contributed by atoms with Crippen molar-refractivity contribution in [2.45, 2.75) is 48.4 Å².